The third kappa shape index (κ3) is 2.45. The summed E-state index contributed by atoms with van der Waals surface area (Å²) in [4.78, 5) is 28.6. The van der Waals surface area contributed by atoms with E-state index in [1.807, 2.05) is 16.3 Å². The fourth-order valence-corrected chi connectivity index (χ4v) is 3.26. The van der Waals surface area contributed by atoms with E-state index in [-0.39, 0.29) is 17.1 Å². The van der Waals surface area contributed by atoms with Crippen LogP contribution in [-0.4, -0.2) is 27.5 Å². The number of fused-ring (bicyclic) bond motifs is 1. The molecule has 0 fully saturated rings. The number of nitrogens with zero attached hydrogens (tertiary/aromatic N) is 3. The highest BCUT2D eigenvalue weighted by Gasteiger charge is 2.26. The summed E-state index contributed by atoms with van der Waals surface area (Å²) in [5.74, 6) is -1.00. The molecular weight excluding hydrogens is 294 g/mol. The van der Waals surface area contributed by atoms with Gasteiger partial charge in [0.15, 0.2) is 0 Å². The lowest BCUT2D eigenvalue weighted by atomic mass is 10.1. The maximum atomic E-state index is 11.2. The molecule has 1 aliphatic rings. The number of nitro groups is 1. The Balaban J connectivity index is 1.99. The molecule has 0 amide bonds. The van der Waals surface area contributed by atoms with Gasteiger partial charge in [0.25, 0.3) is 0 Å². The molecule has 0 aromatic carbocycles. The van der Waals surface area contributed by atoms with Gasteiger partial charge < -0.3 is 10.0 Å². The van der Waals surface area contributed by atoms with Crippen LogP contribution < -0.4 is 4.90 Å². The van der Waals surface area contributed by atoms with Crippen LogP contribution in [0.4, 0.5) is 11.5 Å². The predicted octanol–water partition coefficient (Wildman–Crippen LogP) is 2.31. The quantitative estimate of drug-likeness (QED) is 0.690. The Morgan fingerprint density at radius 1 is 1.52 bits per heavy atom. The van der Waals surface area contributed by atoms with Gasteiger partial charge in [-0.2, -0.15) is 0 Å². The average molecular weight is 305 g/mol. The van der Waals surface area contributed by atoms with Gasteiger partial charge in [-0.3, -0.25) is 10.1 Å². The molecule has 0 atom stereocenters. The van der Waals surface area contributed by atoms with Gasteiger partial charge in [0.05, 0.1) is 10.5 Å². The van der Waals surface area contributed by atoms with E-state index in [0.29, 0.717) is 13.1 Å². The summed E-state index contributed by atoms with van der Waals surface area (Å²) in [5.41, 5.74) is 0.692. The summed E-state index contributed by atoms with van der Waals surface area (Å²) in [6.07, 6.45) is 1.97. The first-order chi connectivity index (χ1) is 10.1. The van der Waals surface area contributed by atoms with Crippen LogP contribution in [0.15, 0.2) is 23.7 Å². The first-order valence-electron chi connectivity index (χ1n) is 6.24. The van der Waals surface area contributed by atoms with E-state index in [1.54, 1.807) is 11.3 Å². The number of carboxylic acid groups (broad SMARTS) is 1. The van der Waals surface area contributed by atoms with Crippen LogP contribution in [0.25, 0.3) is 0 Å². The Morgan fingerprint density at radius 2 is 2.33 bits per heavy atom. The van der Waals surface area contributed by atoms with Crippen molar-refractivity contribution in [1.82, 2.24) is 4.98 Å². The number of hydrogen-bond donors (Lipinski definition) is 1. The minimum absolute atomic E-state index is 0.182. The molecule has 1 aliphatic heterocycles. The second-order valence-electron chi connectivity index (χ2n) is 4.67. The van der Waals surface area contributed by atoms with Crippen molar-refractivity contribution in [3.05, 3.63) is 49.8 Å². The predicted molar refractivity (Wildman–Crippen MR) is 76.9 cm³/mol. The van der Waals surface area contributed by atoms with Gasteiger partial charge in [0.2, 0.25) is 5.82 Å². The first-order valence-corrected chi connectivity index (χ1v) is 7.12. The smallest absolute Gasteiger partial charge is 0.337 e. The molecule has 2 aromatic heterocycles. The number of thiophene rings is 1. The summed E-state index contributed by atoms with van der Waals surface area (Å²) in [6, 6.07) is 3.07. The van der Waals surface area contributed by atoms with Crippen molar-refractivity contribution >= 4 is 28.8 Å². The fourth-order valence-electron chi connectivity index (χ4n) is 2.37. The Bertz CT molecular complexity index is 728. The van der Waals surface area contributed by atoms with E-state index in [0.717, 1.165) is 24.2 Å². The SMILES string of the molecule is O=C(O)c1cnc(N2CCc3sccc3C2)c([N+](=O)[O-])c1. The van der Waals surface area contributed by atoms with Crippen LogP contribution >= 0.6 is 11.3 Å². The van der Waals surface area contributed by atoms with Crippen molar-refractivity contribution in [3.63, 3.8) is 0 Å². The van der Waals surface area contributed by atoms with Crippen molar-refractivity contribution in [1.29, 1.82) is 0 Å². The Hall–Kier alpha value is -2.48. The fraction of sp³-hybridized carbons (Fsp3) is 0.231. The normalized spacial score (nSPS) is 13.8. The third-order valence-electron chi connectivity index (χ3n) is 3.40. The van der Waals surface area contributed by atoms with Crippen LogP contribution in [0.5, 0.6) is 0 Å². The minimum atomic E-state index is -1.23. The van der Waals surface area contributed by atoms with E-state index in [2.05, 4.69) is 4.98 Å². The zero-order valence-electron chi connectivity index (χ0n) is 10.9. The summed E-state index contributed by atoms with van der Waals surface area (Å²) in [6.45, 7) is 1.19. The van der Waals surface area contributed by atoms with E-state index >= 15 is 0 Å². The van der Waals surface area contributed by atoms with Gasteiger partial charge in [-0.1, -0.05) is 0 Å². The van der Waals surface area contributed by atoms with E-state index in [4.69, 9.17) is 5.11 Å². The highest BCUT2D eigenvalue weighted by atomic mass is 32.1. The van der Waals surface area contributed by atoms with Gasteiger partial charge in [-0.15, -0.1) is 11.3 Å². The largest absolute Gasteiger partial charge is 0.478 e. The topological polar surface area (TPSA) is 96.6 Å². The first kappa shape index (κ1) is 13.5. The lowest BCUT2D eigenvalue weighted by Gasteiger charge is -2.27. The molecule has 0 saturated heterocycles. The van der Waals surface area contributed by atoms with Gasteiger partial charge >= 0.3 is 11.7 Å². The monoisotopic (exact) mass is 305 g/mol. The number of carboxylic acids is 1. The molecule has 8 heteroatoms. The number of rotatable bonds is 3. The van der Waals surface area contributed by atoms with Crippen LogP contribution in [0, 0.1) is 10.1 Å². The molecule has 0 saturated carbocycles. The maximum absolute atomic E-state index is 11.2. The van der Waals surface area contributed by atoms with Crippen LogP contribution in [0.1, 0.15) is 20.8 Å². The number of hydrogen-bond acceptors (Lipinski definition) is 6. The Labute approximate surface area is 123 Å². The summed E-state index contributed by atoms with van der Waals surface area (Å²) < 4.78 is 0. The molecule has 3 heterocycles. The van der Waals surface area contributed by atoms with Crippen molar-refractivity contribution in [2.24, 2.45) is 0 Å². The van der Waals surface area contributed by atoms with Crippen molar-refractivity contribution < 1.29 is 14.8 Å². The van der Waals surface area contributed by atoms with E-state index in [1.165, 1.54) is 4.88 Å². The summed E-state index contributed by atoms with van der Waals surface area (Å²) in [7, 11) is 0. The molecule has 2 aromatic rings. The number of aromatic nitrogens is 1. The van der Waals surface area contributed by atoms with Crippen molar-refractivity contribution in [2.75, 3.05) is 11.4 Å². The standard InChI is InChI=1S/C13H11N3O4S/c17-13(18)9-5-10(16(19)20)12(14-6-9)15-3-1-11-8(7-15)2-4-21-11/h2,4-6H,1,3,7H2,(H,17,18). The zero-order valence-corrected chi connectivity index (χ0v) is 11.7. The van der Waals surface area contributed by atoms with Crippen molar-refractivity contribution in [2.45, 2.75) is 13.0 Å². The van der Waals surface area contributed by atoms with Crippen LogP contribution in [-0.2, 0) is 13.0 Å². The number of pyridine rings is 1. The highest BCUT2D eigenvalue weighted by Crippen LogP contribution is 2.32. The van der Waals surface area contributed by atoms with E-state index < -0.39 is 10.9 Å². The van der Waals surface area contributed by atoms with Gasteiger partial charge in [0, 0.05) is 30.2 Å². The highest BCUT2D eigenvalue weighted by molar-refractivity contribution is 7.10. The molecule has 0 aliphatic carbocycles. The lowest BCUT2D eigenvalue weighted by molar-refractivity contribution is -0.384. The Kier molecular flexibility index (Phi) is 3.30. The number of anilines is 1. The summed E-state index contributed by atoms with van der Waals surface area (Å²) in [5, 5.41) is 22.1. The molecule has 1 N–H and O–H groups in total. The molecule has 0 bridgehead atoms. The summed E-state index contributed by atoms with van der Waals surface area (Å²) >= 11 is 1.68. The van der Waals surface area contributed by atoms with Gasteiger partial charge in [-0.05, 0) is 23.4 Å². The Morgan fingerprint density at radius 3 is 3.05 bits per heavy atom. The van der Waals surface area contributed by atoms with E-state index in [9.17, 15) is 14.9 Å². The van der Waals surface area contributed by atoms with Gasteiger partial charge in [-0.25, -0.2) is 9.78 Å². The third-order valence-corrected chi connectivity index (χ3v) is 4.42. The van der Waals surface area contributed by atoms with Crippen molar-refractivity contribution in [3.8, 4) is 0 Å². The zero-order chi connectivity index (χ0) is 15.0. The molecule has 0 radical (unpaired) electrons. The molecule has 0 spiro atoms. The van der Waals surface area contributed by atoms with Gasteiger partial charge in [0.1, 0.15) is 0 Å². The molecule has 108 valence electrons. The maximum Gasteiger partial charge on any atom is 0.337 e. The lowest BCUT2D eigenvalue weighted by Crippen LogP contribution is -2.30. The second-order valence-corrected chi connectivity index (χ2v) is 5.67. The van der Waals surface area contributed by atoms with Crippen LogP contribution in [0.2, 0.25) is 0 Å². The molecule has 21 heavy (non-hydrogen) atoms. The number of carbonyl (C=O) groups is 1. The molecule has 7 nitrogen and oxygen atoms in total. The van der Waals surface area contributed by atoms with Crippen LogP contribution in [0.3, 0.4) is 0 Å². The average Bonchev–Trinajstić information content (AvgIpc) is 2.93. The second kappa shape index (κ2) is 5.13. The number of aromatic carboxylic acids is 1. The molecule has 0 unspecified atom stereocenters. The minimum Gasteiger partial charge on any atom is -0.478 e. The molecular formula is C13H11N3O4S. The molecule has 3 rings (SSSR count).